The number of nitro benzene ring substituents is 1. The molecule has 1 aromatic heterocycles. The Bertz CT molecular complexity index is 1300. The molecular weight excluding hydrogens is 479 g/mol. The minimum absolute atomic E-state index is 0.0162. The summed E-state index contributed by atoms with van der Waals surface area (Å²) in [5.74, 6) is -0.173. The third-order valence-electron chi connectivity index (χ3n) is 5.38. The van der Waals surface area contributed by atoms with Crippen LogP contribution in [0.3, 0.4) is 0 Å². The fourth-order valence-electron chi connectivity index (χ4n) is 3.72. The Balaban J connectivity index is 1.44. The summed E-state index contributed by atoms with van der Waals surface area (Å²) in [6.07, 6.45) is 1.70. The fourth-order valence-corrected chi connectivity index (χ4v) is 6.23. The lowest BCUT2D eigenvalue weighted by molar-refractivity contribution is -0.384. The third-order valence-corrected chi connectivity index (χ3v) is 8.23. The summed E-state index contributed by atoms with van der Waals surface area (Å²) in [7, 11) is -3.89. The van der Waals surface area contributed by atoms with Gasteiger partial charge in [-0.25, -0.2) is 8.42 Å². The maximum Gasteiger partial charge on any atom is 0.270 e. The highest BCUT2D eigenvalue weighted by atomic mass is 35.5. The molecule has 0 unspecified atom stereocenters. The Hall–Kier alpha value is -2.66. The maximum atomic E-state index is 13.0. The van der Waals surface area contributed by atoms with Crippen molar-refractivity contribution in [1.82, 2.24) is 13.8 Å². The molecule has 1 amide bonds. The number of piperazine rings is 1. The van der Waals surface area contributed by atoms with Crippen LogP contribution in [0.1, 0.15) is 0 Å². The molecule has 1 aliphatic heterocycles. The van der Waals surface area contributed by atoms with Gasteiger partial charge in [0.15, 0.2) is 0 Å². The van der Waals surface area contributed by atoms with Gasteiger partial charge in [0.05, 0.1) is 15.0 Å². The highest BCUT2D eigenvalue weighted by molar-refractivity contribution is 7.89. The largest absolute Gasteiger partial charge is 0.339 e. The highest BCUT2D eigenvalue weighted by Crippen LogP contribution is 2.32. The average Bonchev–Trinajstić information content (AvgIpc) is 3.15. The van der Waals surface area contributed by atoms with E-state index in [4.69, 9.17) is 23.2 Å². The minimum Gasteiger partial charge on any atom is -0.339 e. The van der Waals surface area contributed by atoms with Gasteiger partial charge in [0, 0.05) is 55.4 Å². The van der Waals surface area contributed by atoms with Crippen molar-refractivity contribution >= 4 is 55.7 Å². The molecule has 4 rings (SSSR count). The van der Waals surface area contributed by atoms with Crippen LogP contribution in [0.4, 0.5) is 5.69 Å². The van der Waals surface area contributed by atoms with E-state index in [2.05, 4.69) is 0 Å². The van der Waals surface area contributed by atoms with Gasteiger partial charge in [-0.05, 0) is 24.3 Å². The van der Waals surface area contributed by atoms with Crippen molar-refractivity contribution in [2.45, 2.75) is 11.4 Å². The monoisotopic (exact) mass is 496 g/mol. The lowest BCUT2D eigenvalue weighted by Gasteiger charge is -2.34. The van der Waals surface area contributed by atoms with Gasteiger partial charge in [-0.2, -0.15) is 4.31 Å². The number of fused-ring (bicyclic) bond motifs is 1. The molecule has 32 heavy (non-hydrogen) atoms. The van der Waals surface area contributed by atoms with E-state index in [0.29, 0.717) is 10.9 Å². The van der Waals surface area contributed by atoms with Crippen LogP contribution in [0.2, 0.25) is 10.0 Å². The standard InChI is InChI=1S/C20H18Cl2N4O5S/c21-16-2-1-3-17(22)20(16)32(30,31)25-10-8-23(9-11-25)19(27)13-24-7-6-14-12-15(26(28)29)4-5-18(14)24/h1-7,12H,8-11,13H2. The molecule has 1 saturated heterocycles. The molecule has 2 aromatic carbocycles. The topological polar surface area (TPSA) is 106 Å². The van der Waals surface area contributed by atoms with Crippen LogP contribution in [0.5, 0.6) is 0 Å². The number of halogens is 2. The van der Waals surface area contributed by atoms with E-state index in [-0.39, 0.29) is 59.3 Å². The Morgan fingerprint density at radius 2 is 1.69 bits per heavy atom. The van der Waals surface area contributed by atoms with E-state index < -0.39 is 14.9 Å². The number of amides is 1. The van der Waals surface area contributed by atoms with Crippen molar-refractivity contribution in [2.75, 3.05) is 26.2 Å². The van der Waals surface area contributed by atoms with E-state index in [1.54, 1.807) is 33.9 Å². The molecule has 1 fully saturated rings. The van der Waals surface area contributed by atoms with Gasteiger partial charge in [-0.1, -0.05) is 29.3 Å². The first-order valence-corrected chi connectivity index (χ1v) is 11.8. The van der Waals surface area contributed by atoms with Crippen LogP contribution in [0, 0.1) is 10.1 Å². The second kappa shape index (κ2) is 8.70. The number of aromatic nitrogens is 1. The fraction of sp³-hybridized carbons (Fsp3) is 0.250. The molecule has 0 radical (unpaired) electrons. The summed E-state index contributed by atoms with van der Waals surface area (Å²) in [6, 6.07) is 10.7. The lowest BCUT2D eigenvalue weighted by atomic mass is 10.2. The Morgan fingerprint density at radius 1 is 1.03 bits per heavy atom. The van der Waals surface area contributed by atoms with Crippen molar-refractivity contribution < 1.29 is 18.1 Å². The van der Waals surface area contributed by atoms with E-state index in [0.717, 1.165) is 0 Å². The predicted octanol–water partition coefficient (Wildman–Crippen LogP) is 3.39. The number of nitro groups is 1. The molecule has 1 aliphatic rings. The molecule has 0 spiro atoms. The van der Waals surface area contributed by atoms with E-state index in [1.165, 1.54) is 28.6 Å². The first-order valence-electron chi connectivity index (χ1n) is 9.64. The summed E-state index contributed by atoms with van der Waals surface area (Å²) in [6.45, 7) is 0.739. The number of carbonyl (C=O) groups excluding carboxylic acids is 1. The zero-order valence-electron chi connectivity index (χ0n) is 16.6. The molecular formula is C20H18Cl2N4O5S. The molecule has 0 saturated carbocycles. The van der Waals surface area contributed by atoms with Gasteiger partial charge in [0.25, 0.3) is 5.69 Å². The van der Waals surface area contributed by atoms with Crippen LogP contribution >= 0.6 is 23.2 Å². The van der Waals surface area contributed by atoms with E-state index in [9.17, 15) is 23.3 Å². The predicted molar refractivity (Wildman–Crippen MR) is 120 cm³/mol. The Kier molecular flexibility index (Phi) is 6.13. The SMILES string of the molecule is O=C(Cn1ccc2cc([N+](=O)[O-])ccc21)N1CCN(S(=O)(=O)c2c(Cl)cccc2Cl)CC1. The number of benzene rings is 2. The van der Waals surface area contributed by atoms with Gasteiger partial charge in [-0.3, -0.25) is 14.9 Å². The number of nitrogens with zero attached hydrogens (tertiary/aromatic N) is 4. The molecule has 0 bridgehead atoms. The van der Waals surface area contributed by atoms with Crippen LogP contribution < -0.4 is 0 Å². The van der Waals surface area contributed by atoms with Crippen LogP contribution in [-0.2, 0) is 21.4 Å². The summed E-state index contributed by atoms with van der Waals surface area (Å²) < 4.78 is 29.0. The smallest absolute Gasteiger partial charge is 0.270 e. The normalized spacial score (nSPS) is 15.2. The number of sulfonamides is 1. The number of hydrogen-bond donors (Lipinski definition) is 0. The number of rotatable bonds is 5. The number of carbonyl (C=O) groups is 1. The molecule has 0 aliphatic carbocycles. The van der Waals surface area contributed by atoms with Crippen molar-refractivity contribution in [2.24, 2.45) is 0 Å². The second-order valence-electron chi connectivity index (χ2n) is 7.28. The zero-order valence-corrected chi connectivity index (χ0v) is 19.0. The van der Waals surface area contributed by atoms with Crippen LogP contribution in [0.15, 0.2) is 53.6 Å². The van der Waals surface area contributed by atoms with Crippen LogP contribution in [-0.4, -0.2) is 59.2 Å². The molecule has 2 heterocycles. The van der Waals surface area contributed by atoms with E-state index >= 15 is 0 Å². The lowest BCUT2D eigenvalue weighted by Crippen LogP contribution is -2.51. The first kappa shape index (κ1) is 22.5. The number of non-ortho nitro benzene ring substituents is 1. The van der Waals surface area contributed by atoms with Gasteiger partial charge < -0.3 is 9.47 Å². The van der Waals surface area contributed by atoms with Crippen molar-refractivity contribution in [1.29, 1.82) is 0 Å². The first-order chi connectivity index (χ1) is 15.2. The van der Waals surface area contributed by atoms with Gasteiger partial charge in [0.1, 0.15) is 11.4 Å². The molecule has 0 N–H and O–H groups in total. The molecule has 168 valence electrons. The van der Waals surface area contributed by atoms with Gasteiger partial charge in [-0.15, -0.1) is 0 Å². The Labute approximate surface area is 193 Å². The summed E-state index contributed by atoms with van der Waals surface area (Å²) in [5, 5.41) is 11.7. The summed E-state index contributed by atoms with van der Waals surface area (Å²) >= 11 is 12.1. The maximum absolute atomic E-state index is 13.0. The highest BCUT2D eigenvalue weighted by Gasteiger charge is 2.33. The summed E-state index contributed by atoms with van der Waals surface area (Å²) in [5.41, 5.74) is 0.691. The Morgan fingerprint density at radius 3 is 2.31 bits per heavy atom. The summed E-state index contributed by atoms with van der Waals surface area (Å²) in [4.78, 5) is 24.7. The minimum atomic E-state index is -3.89. The van der Waals surface area contributed by atoms with E-state index in [1.807, 2.05) is 0 Å². The third kappa shape index (κ3) is 4.18. The molecule has 12 heteroatoms. The molecule has 9 nitrogen and oxygen atoms in total. The molecule has 0 atom stereocenters. The van der Waals surface area contributed by atoms with Crippen LogP contribution in [0.25, 0.3) is 10.9 Å². The van der Waals surface area contributed by atoms with Gasteiger partial charge in [0.2, 0.25) is 15.9 Å². The van der Waals surface area contributed by atoms with Gasteiger partial charge >= 0.3 is 0 Å². The molecule has 3 aromatic rings. The second-order valence-corrected chi connectivity index (χ2v) is 9.97. The number of hydrogen-bond acceptors (Lipinski definition) is 5. The zero-order chi connectivity index (χ0) is 23.0. The van der Waals surface area contributed by atoms with Crippen molar-refractivity contribution in [3.05, 3.63) is 68.8 Å². The van der Waals surface area contributed by atoms with Crippen molar-refractivity contribution in [3.63, 3.8) is 0 Å². The van der Waals surface area contributed by atoms with Crippen molar-refractivity contribution in [3.8, 4) is 0 Å². The average molecular weight is 497 g/mol. The quantitative estimate of drug-likeness (QED) is 0.397.